The van der Waals surface area contributed by atoms with E-state index in [-0.39, 0.29) is 41.1 Å². The number of aromatic hydroxyl groups is 1. The molecule has 0 fully saturated rings. The molecule has 0 aliphatic carbocycles. The summed E-state index contributed by atoms with van der Waals surface area (Å²) in [5.41, 5.74) is 7.50. The van der Waals surface area contributed by atoms with Gasteiger partial charge in [0.05, 0.1) is 18.1 Å². The Hall–Kier alpha value is -2.94. The molecule has 0 bridgehead atoms. The molecular weight excluding hydrogens is 320 g/mol. The molecule has 0 saturated carbocycles. The maximum Gasteiger partial charge on any atom is 0.338 e. The van der Waals surface area contributed by atoms with Gasteiger partial charge in [-0.15, -0.1) is 0 Å². The molecule has 1 aromatic carbocycles. The van der Waals surface area contributed by atoms with Crippen molar-refractivity contribution >= 4 is 5.97 Å². The summed E-state index contributed by atoms with van der Waals surface area (Å²) < 4.78 is 10.5. The van der Waals surface area contributed by atoms with Crippen molar-refractivity contribution in [1.82, 2.24) is 0 Å². The highest BCUT2D eigenvalue weighted by molar-refractivity contribution is 5.92. The van der Waals surface area contributed by atoms with Gasteiger partial charge >= 0.3 is 5.97 Å². The molecule has 1 heterocycles. The first-order chi connectivity index (χ1) is 11.8. The van der Waals surface area contributed by atoms with Gasteiger partial charge in [0.1, 0.15) is 23.2 Å². The number of nitrogens with two attached hydrogens (primary N) is 1. The standard InChI is InChI=1S/C19H22N2O4/c1-5-24-19(23)16-11(4)25-18(21)14(9-20)17(16)13-8-12(10(2)3)6-7-15(13)22/h6-8,10,17,22H,5,21H2,1-4H3. The third-order valence-corrected chi connectivity index (χ3v) is 4.13. The number of ether oxygens (including phenoxy) is 2. The minimum Gasteiger partial charge on any atom is -0.508 e. The van der Waals surface area contributed by atoms with Crippen molar-refractivity contribution in [2.75, 3.05) is 6.61 Å². The van der Waals surface area contributed by atoms with Crippen molar-refractivity contribution in [3.63, 3.8) is 0 Å². The van der Waals surface area contributed by atoms with Crippen LogP contribution in [0.15, 0.2) is 41.0 Å². The lowest BCUT2D eigenvalue weighted by Crippen LogP contribution is -2.25. The second-order valence-corrected chi connectivity index (χ2v) is 6.09. The van der Waals surface area contributed by atoms with E-state index in [1.54, 1.807) is 26.0 Å². The first-order valence-corrected chi connectivity index (χ1v) is 8.10. The summed E-state index contributed by atoms with van der Waals surface area (Å²) in [5.74, 6) is -1.06. The summed E-state index contributed by atoms with van der Waals surface area (Å²) in [6.45, 7) is 7.50. The smallest absolute Gasteiger partial charge is 0.338 e. The van der Waals surface area contributed by atoms with Crippen molar-refractivity contribution in [3.05, 3.63) is 52.1 Å². The summed E-state index contributed by atoms with van der Waals surface area (Å²) in [6, 6.07) is 7.15. The van der Waals surface area contributed by atoms with Crippen LogP contribution in [0.4, 0.5) is 0 Å². The van der Waals surface area contributed by atoms with Gasteiger partial charge in [-0.05, 0) is 31.4 Å². The Balaban J connectivity index is 2.71. The van der Waals surface area contributed by atoms with Crippen LogP contribution >= 0.6 is 0 Å². The number of carbonyl (C=O) groups excluding carboxylic acids is 1. The number of nitriles is 1. The third kappa shape index (κ3) is 3.45. The van der Waals surface area contributed by atoms with Crippen LogP contribution in [0.5, 0.6) is 5.75 Å². The molecule has 0 amide bonds. The Morgan fingerprint density at radius 3 is 2.72 bits per heavy atom. The normalized spacial score (nSPS) is 17.4. The highest BCUT2D eigenvalue weighted by atomic mass is 16.5. The molecule has 1 aliphatic rings. The van der Waals surface area contributed by atoms with E-state index in [2.05, 4.69) is 0 Å². The summed E-state index contributed by atoms with van der Waals surface area (Å²) in [5, 5.41) is 19.9. The van der Waals surface area contributed by atoms with Gasteiger partial charge in [-0.3, -0.25) is 0 Å². The first-order valence-electron chi connectivity index (χ1n) is 8.10. The molecule has 2 rings (SSSR count). The predicted octanol–water partition coefficient (Wildman–Crippen LogP) is 3.16. The monoisotopic (exact) mass is 342 g/mol. The minimum atomic E-state index is -0.837. The maximum absolute atomic E-state index is 12.5. The number of allylic oxidation sites excluding steroid dienone is 2. The topological polar surface area (TPSA) is 106 Å². The van der Waals surface area contributed by atoms with E-state index >= 15 is 0 Å². The van der Waals surface area contributed by atoms with Gasteiger partial charge in [0.15, 0.2) is 0 Å². The van der Waals surface area contributed by atoms with Gasteiger partial charge < -0.3 is 20.3 Å². The van der Waals surface area contributed by atoms with Crippen LogP contribution < -0.4 is 5.73 Å². The Morgan fingerprint density at radius 2 is 2.16 bits per heavy atom. The Bertz CT molecular complexity index is 800. The van der Waals surface area contributed by atoms with E-state index in [0.717, 1.165) is 5.56 Å². The number of rotatable bonds is 4. The van der Waals surface area contributed by atoms with Crippen molar-refractivity contribution < 1.29 is 19.4 Å². The number of phenolic OH excluding ortho intramolecular Hbond substituents is 1. The zero-order valence-corrected chi connectivity index (χ0v) is 14.8. The average molecular weight is 342 g/mol. The van der Waals surface area contributed by atoms with Crippen LogP contribution in [0, 0.1) is 11.3 Å². The molecule has 1 atom stereocenters. The van der Waals surface area contributed by atoms with Crippen LogP contribution in [0.1, 0.15) is 50.7 Å². The van der Waals surface area contributed by atoms with E-state index in [1.807, 2.05) is 26.0 Å². The van der Waals surface area contributed by atoms with Crippen LogP contribution in [-0.4, -0.2) is 17.7 Å². The second kappa shape index (κ2) is 7.31. The van der Waals surface area contributed by atoms with Gasteiger partial charge in [-0.1, -0.05) is 26.0 Å². The number of nitrogens with zero attached hydrogens (tertiary/aromatic N) is 1. The molecule has 1 aromatic rings. The van der Waals surface area contributed by atoms with E-state index in [9.17, 15) is 15.2 Å². The molecule has 0 radical (unpaired) electrons. The number of hydrogen-bond donors (Lipinski definition) is 2. The molecule has 1 unspecified atom stereocenters. The first kappa shape index (κ1) is 18.4. The molecular formula is C19H22N2O4. The zero-order valence-electron chi connectivity index (χ0n) is 14.8. The number of phenols is 1. The third-order valence-electron chi connectivity index (χ3n) is 4.13. The maximum atomic E-state index is 12.5. The molecule has 3 N–H and O–H groups in total. The average Bonchev–Trinajstić information content (AvgIpc) is 2.54. The Kier molecular flexibility index (Phi) is 5.38. The lowest BCUT2D eigenvalue weighted by molar-refractivity contribution is -0.139. The van der Waals surface area contributed by atoms with Crippen LogP contribution in [0.3, 0.4) is 0 Å². The number of hydrogen-bond acceptors (Lipinski definition) is 6. The van der Waals surface area contributed by atoms with Gasteiger partial charge in [-0.25, -0.2) is 4.79 Å². The van der Waals surface area contributed by atoms with E-state index in [1.165, 1.54) is 0 Å². The van der Waals surface area contributed by atoms with E-state index in [0.29, 0.717) is 5.56 Å². The Labute approximate surface area is 147 Å². The summed E-state index contributed by atoms with van der Waals surface area (Å²) in [7, 11) is 0. The van der Waals surface area contributed by atoms with Gasteiger partial charge in [0.2, 0.25) is 5.88 Å². The van der Waals surface area contributed by atoms with E-state index < -0.39 is 11.9 Å². The highest BCUT2D eigenvalue weighted by Gasteiger charge is 2.37. The van der Waals surface area contributed by atoms with Crippen LogP contribution in [0.2, 0.25) is 0 Å². The highest BCUT2D eigenvalue weighted by Crippen LogP contribution is 2.43. The Morgan fingerprint density at radius 1 is 1.48 bits per heavy atom. The zero-order chi connectivity index (χ0) is 18.7. The quantitative estimate of drug-likeness (QED) is 0.814. The fourth-order valence-corrected chi connectivity index (χ4v) is 2.83. The predicted molar refractivity (Wildman–Crippen MR) is 92.2 cm³/mol. The largest absolute Gasteiger partial charge is 0.508 e. The molecule has 25 heavy (non-hydrogen) atoms. The van der Waals surface area contributed by atoms with E-state index in [4.69, 9.17) is 15.2 Å². The van der Waals surface area contributed by atoms with Crippen LogP contribution in [-0.2, 0) is 14.3 Å². The second-order valence-electron chi connectivity index (χ2n) is 6.09. The summed E-state index contributed by atoms with van der Waals surface area (Å²) >= 11 is 0. The van der Waals surface area contributed by atoms with Gasteiger partial charge in [0.25, 0.3) is 0 Å². The lowest BCUT2D eigenvalue weighted by atomic mass is 9.81. The van der Waals surface area contributed by atoms with Crippen LogP contribution in [0.25, 0.3) is 0 Å². The van der Waals surface area contributed by atoms with Gasteiger partial charge in [-0.2, -0.15) is 5.26 Å². The number of esters is 1. The molecule has 0 saturated heterocycles. The van der Waals surface area contributed by atoms with Crippen molar-refractivity contribution in [2.45, 2.75) is 39.5 Å². The minimum absolute atomic E-state index is 0.0218. The lowest BCUT2D eigenvalue weighted by Gasteiger charge is -2.27. The molecule has 0 aromatic heterocycles. The number of carbonyl (C=O) groups is 1. The fourth-order valence-electron chi connectivity index (χ4n) is 2.83. The summed E-state index contributed by atoms with van der Waals surface area (Å²) in [6.07, 6.45) is 0. The number of benzene rings is 1. The fraction of sp³-hybridized carbons (Fsp3) is 0.368. The molecule has 132 valence electrons. The molecule has 6 heteroatoms. The molecule has 1 aliphatic heterocycles. The SMILES string of the molecule is CCOC(=O)C1=C(C)OC(N)=C(C#N)C1c1cc(C(C)C)ccc1O. The van der Waals surface area contributed by atoms with Crippen molar-refractivity contribution in [2.24, 2.45) is 5.73 Å². The molecule has 0 spiro atoms. The summed E-state index contributed by atoms with van der Waals surface area (Å²) in [4.78, 5) is 12.5. The van der Waals surface area contributed by atoms with Crippen molar-refractivity contribution in [1.29, 1.82) is 5.26 Å². The molecule has 6 nitrogen and oxygen atoms in total. The van der Waals surface area contributed by atoms with Gasteiger partial charge in [0, 0.05) is 5.56 Å². The van der Waals surface area contributed by atoms with Crippen molar-refractivity contribution in [3.8, 4) is 11.8 Å².